The molecule has 0 fully saturated rings. The highest BCUT2D eigenvalue weighted by atomic mass is 16.5. The highest BCUT2D eigenvalue weighted by molar-refractivity contribution is 5.98. The summed E-state index contributed by atoms with van der Waals surface area (Å²) in [5, 5.41) is 11.7. The lowest BCUT2D eigenvalue weighted by Crippen LogP contribution is -2.30. The molecule has 1 aromatic carbocycles. The minimum Gasteiger partial charge on any atom is -0.449 e. The Bertz CT molecular complexity index is 846. The molecule has 0 spiro atoms. The second-order valence-corrected chi connectivity index (χ2v) is 5.72. The molecule has 0 unspecified atom stereocenters. The summed E-state index contributed by atoms with van der Waals surface area (Å²) in [6, 6.07) is 10.4. The number of aryl methyl sites for hydroxylation is 1. The van der Waals surface area contributed by atoms with E-state index >= 15 is 0 Å². The van der Waals surface area contributed by atoms with Crippen molar-refractivity contribution in [2.24, 2.45) is 0 Å². The van der Waals surface area contributed by atoms with Gasteiger partial charge in [-0.25, -0.2) is 4.79 Å². The van der Waals surface area contributed by atoms with Gasteiger partial charge in [0.05, 0.1) is 16.8 Å². The number of benzene rings is 1. The second-order valence-electron chi connectivity index (χ2n) is 5.72. The number of nitrogens with zero attached hydrogens (tertiary/aromatic N) is 2. The van der Waals surface area contributed by atoms with Crippen LogP contribution in [0.1, 0.15) is 41.2 Å². The average molecular weight is 339 g/mol. The summed E-state index contributed by atoms with van der Waals surface area (Å²) in [5.74, 6) is -1.02. The van der Waals surface area contributed by atoms with E-state index in [1.165, 1.54) is 6.92 Å². The van der Waals surface area contributed by atoms with Gasteiger partial charge in [-0.1, -0.05) is 12.1 Å². The van der Waals surface area contributed by atoms with Gasteiger partial charge in [-0.05, 0) is 45.9 Å². The first-order valence-corrected chi connectivity index (χ1v) is 8.06. The van der Waals surface area contributed by atoms with E-state index < -0.39 is 18.0 Å². The molecule has 0 saturated carbocycles. The standard InChI is InChI=1S/C19H21N3O3/c1-5-22-12(2)10-16(13(22)3)19(24)25-14(4)18(23)21-17-9-7-6-8-15(17)11-20/h6-10,14H,5H2,1-4H3,(H,21,23)/t14-/m0/s1. The first-order valence-electron chi connectivity index (χ1n) is 8.06. The van der Waals surface area contributed by atoms with Crippen LogP contribution >= 0.6 is 0 Å². The number of amides is 1. The molecule has 0 bridgehead atoms. The van der Waals surface area contributed by atoms with Crippen LogP contribution in [0.5, 0.6) is 0 Å². The summed E-state index contributed by atoms with van der Waals surface area (Å²) in [5.41, 5.74) is 2.97. The Labute approximate surface area is 147 Å². The Morgan fingerprint density at radius 1 is 1.32 bits per heavy atom. The predicted molar refractivity (Wildman–Crippen MR) is 94.2 cm³/mol. The average Bonchev–Trinajstić information content (AvgIpc) is 2.89. The molecule has 2 aromatic rings. The fraction of sp³-hybridized carbons (Fsp3) is 0.316. The molecule has 1 aromatic heterocycles. The summed E-state index contributed by atoms with van der Waals surface area (Å²) >= 11 is 0. The third-order valence-electron chi connectivity index (χ3n) is 4.07. The lowest BCUT2D eigenvalue weighted by Gasteiger charge is -2.14. The third kappa shape index (κ3) is 3.89. The number of ether oxygens (including phenoxy) is 1. The number of nitriles is 1. The van der Waals surface area contributed by atoms with Gasteiger partial charge in [0.2, 0.25) is 0 Å². The lowest BCUT2D eigenvalue weighted by molar-refractivity contribution is -0.123. The van der Waals surface area contributed by atoms with Gasteiger partial charge in [0.1, 0.15) is 6.07 Å². The summed E-state index contributed by atoms with van der Waals surface area (Å²) in [6.07, 6.45) is -0.982. The maximum atomic E-state index is 12.4. The maximum Gasteiger partial charge on any atom is 0.340 e. The van der Waals surface area contributed by atoms with Gasteiger partial charge in [0.15, 0.2) is 6.10 Å². The zero-order chi connectivity index (χ0) is 18.6. The highest BCUT2D eigenvalue weighted by Crippen LogP contribution is 2.18. The van der Waals surface area contributed by atoms with Crippen molar-refractivity contribution >= 4 is 17.6 Å². The molecule has 6 nitrogen and oxygen atoms in total. The van der Waals surface area contributed by atoms with E-state index in [1.54, 1.807) is 30.3 Å². The van der Waals surface area contributed by atoms with E-state index in [2.05, 4.69) is 5.32 Å². The van der Waals surface area contributed by atoms with E-state index in [4.69, 9.17) is 10.00 Å². The fourth-order valence-corrected chi connectivity index (χ4v) is 2.70. The molecule has 130 valence electrons. The van der Waals surface area contributed by atoms with Crippen molar-refractivity contribution < 1.29 is 14.3 Å². The van der Waals surface area contributed by atoms with Crippen molar-refractivity contribution in [2.75, 3.05) is 5.32 Å². The molecule has 1 amide bonds. The first kappa shape index (κ1) is 18.3. The zero-order valence-electron chi connectivity index (χ0n) is 14.8. The molecular formula is C19H21N3O3. The number of carbonyl (C=O) groups excluding carboxylic acids is 2. The van der Waals surface area contributed by atoms with E-state index in [0.29, 0.717) is 16.8 Å². The molecule has 1 N–H and O–H groups in total. The first-order chi connectivity index (χ1) is 11.9. The fourth-order valence-electron chi connectivity index (χ4n) is 2.70. The quantitative estimate of drug-likeness (QED) is 0.848. The minimum atomic E-state index is -0.982. The van der Waals surface area contributed by atoms with Gasteiger partial charge in [-0.3, -0.25) is 4.79 Å². The van der Waals surface area contributed by atoms with E-state index in [0.717, 1.165) is 17.9 Å². The minimum absolute atomic E-state index is 0.348. The van der Waals surface area contributed by atoms with E-state index in [1.807, 2.05) is 31.4 Å². The Morgan fingerprint density at radius 3 is 2.60 bits per heavy atom. The van der Waals surface area contributed by atoms with Crippen LogP contribution in [0.25, 0.3) is 0 Å². The molecular weight excluding hydrogens is 318 g/mol. The number of anilines is 1. The van der Waals surface area contributed by atoms with Crippen LogP contribution in [0.3, 0.4) is 0 Å². The normalized spacial score (nSPS) is 11.5. The Kier molecular flexibility index (Phi) is 5.60. The molecule has 0 aliphatic carbocycles. The van der Waals surface area contributed by atoms with Gasteiger partial charge < -0.3 is 14.6 Å². The van der Waals surface area contributed by atoms with Crippen molar-refractivity contribution in [3.63, 3.8) is 0 Å². The summed E-state index contributed by atoms with van der Waals surface area (Å²) < 4.78 is 7.29. The van der Waals surface area contributed by atoms with Gasteiger partial charge in [0, 0.05) is 17.9 Å². The van der Waals surface area contributed by atoms with Crippen LogP contribution in [-0.2, 0) is 16.1 Å². The van der Waals surface area contributed by atoms with Crippen molar-refractivity contribution in [1.82, 2.24) is 4.57 Å². The zero-order valence-corrected chi connectivity index (χ0v) is 14.8. The molecule has 0 aliphatic rings. The smallest absolute Gasteiger partial charge is 0.340 e. The van der Waals surface area contributed by atoms with Gasteiger partial charge in [-0.15, -0.1) is 0 Å². The van der Waals surface area contributed by atoms with E-state index in [-0.39, 0.29) is 0 Å². The van der Waals surface area contributed by atoms with Gasteiger partial charge >= 0.3 is 5.97 Å². The molecule has 2 rings (SSSR count). The molecule has 25 heavy (non-hydrogen) atoms. The number of hydrogen-bond donors (Lipinski definition) is 1. The monoisotopic (exact) mass is 339 g/mol. The van der Waals surface area contributed by atoms with Gasteiger partial charge in [0.25, 0.3) is 5.91 Å². The van der Waals surface area contributed by atoms with Crippen molar-refractivity contribution in [3.05, 3.63) is 52.8 Å². The number of nitrogens with one attached hydrogen (secondary N) is 1. The van der Waals surface area contributed by atoms with Crippen LogP contribution in [0.15, 0.2) is 30.3 Å². The largest absolute Gasteiger partial charge is 0.449 e. The van der Waals surface area contributed by atoms with Crippen LogP contribution in [0.4, 0.5) is 5.69 Å². The van der Waals surface area contributed by atoms with Crippen LogP contribution in [-0.4, -0.2) is 22.5 Å². The molecule has 1 heterocycles. The predicted octanol–water partition coefficient (Wildman–Crippen LogP) is 3.18. The molecule has 0 aliphatic heterocycles. The van der Waals surface area contributed by atoms with Crippen LogP contribution in [0, 0.1) is 25.2 Å². The van der Waals surface area contributed by atoms with Crippen LogP contribution in [0.2, 0.25) is 0 Å². The maximum absolute atomic E-state index is 12.4. The topological polar surface area (TPSA) is 84.1 Å². The van der Waals surface area contributed by atoms with Crippen molar-refractivity contribution in [1.29, 1.82) is 5.26 Å². The second kappa shape index (κ2) is 7.67. The highest BCUT2D eigenvalue weighted by Gasteiger charge is 2.22. The molecule has 0 saturated heterocycles. The Balaban J connectivity index is 2.09. The van der Waals surface area contributed by atoms with Crippen molar-refractivity contribution in [2.45, 2.75) is 40.3 Å². The van der Waals surface area contributed by atoms with Crippen molar-refractivity contribution in [3.8, 4) is 6.07 Å². The number of aromatic nitrogens is 1. The molecule has 0 radical (unpaired) electrons. The molecule has 1 atom stereocenters. The van der Waals surface area contributed by atoms with E-state index in [9.17, 15) is 9.59 Å². The molecule has 6 heteroatoms. The Morgan fingerprint density at radius 2 is 2.00 bits per heavy atom. The van der Waals surface area contributed by atoms with Crippen LogP contribution < -0.4 is 5.32 Å². The van der Waals surface area contributed by atoms with Gasteiger partial charge in [-0.2, -0.15) is 5.26 Å². The summed E-state index contributed by atoms with van der Waals surface area (Å²) in [7, 11) is 0. The number of carbonyl (C=O) groups is 2. The SMILES string of the molecule is CCn1c(C)cc(C(=O)O[C@@H](C)C(=O)Nc2ccccc2C#N)c1C. The lowest BCUT2D eigenvalue weighted by atomic mass is 10.2. The summed E-state index contributed by atoms with van der Waals surface area (Å²) in [4.78, 5) is 24.6. The number of hydrogen-bond acceptors (Lipinski definition) is 4. The number of rotatable bonds is 5. The number of para-hydroxylation sites is 1. The number of esters is 1. The Hall–Kier alpha value is -3.07. The summed E-state index contributed by atoms with van der Waals surface area (Å²) in [6.45, 7) is 8.02. The third-order valence-corrected chi connectivity index (χ3v) is 4.07.